The highest BCUT2D eigenvalue weighted by Gasteiger charge is 2.33. The van der Waals surface area contributed by atoms with Crippen LogP contribution in [0.2, 0.25) is 0 Å². The Hall–Kier alpha value is -1.21. The maximum Gasteiger partial charge on any atom is 0.341 e. The first-order valence-corrected chi connectivity index (χ1v) is 8.61. The minimum absolute atomic E-state index is 0.321. The van der Waals surface area contributed by atoms with E-state index in [9.17, 15) is 17.2 Å². The molecule has 2 saturated heterocycles. The first kappa shape index (κ1) is 14.7. The molecule has 2 aliphatic rings. The van der Waals surface area contributed by atoms with E-state index in [0.717, 1.165) is 44.2 Å². The lowest BCUT2D eigenvalue weighted by Crippen LogP contribution is -2.40. The van der Waals surface area contributed by atoms with Crippen LogP contribution >= 0.6 is 0 Å². The second kappa shape index (κ2) is 5.53. The summed E-state index contributed by atoms with van der Waals surface area (Å²) in [5.74, 6) is -2.04. The van der Waals surface area contributed by atoms with E-state index >= 15 is 0 Å². The molecule has 116 valence electrons. The number of halogens is 2. The molecule has 2 heterocycles. The number of piperidine rings is 1. The highest BCUT2D eigenvalue weighted by atomic mass is 32.2. The van der Waals surface area contributed by atoms with Gasteiger partial charge in [-0.1, -0.05) is 0 Å². The van der Waals surface area contributed by atoms with Gasteiger partial charge in [0.1, 0.15) is 0 Å². The molecule has 0 spiro atoms. The van der Waals surface area contributed by atoms with Crippen molar-refractivity contribution in [3.05, 3.63) is 24.3 Å². The van der Waals surface area contributed by atoms with Crippen molar-refractivity contribution < 1.29 is 17.2 Å². The summed E-state index contributed by atoms with van der Waals surface area (Å²) in [7, 11) is -4.50. The van der Waals surface area contributed by atoms with E-state index in [4.69, 9.17) is 0 Å². The monoisotopic (exact) mass is 316 g/mol. The number of anilines is 1. The molecule has 2 aliphatic heterocycles. The van der Waals surface area contributed by atoms with E-state index < -0.39 is 15.6 Å². The van der Waals surface area contributed by atoms with Crippen LogP contribution in [0.5, 0.6) is 0 Å². The summed E-state index contributed by atoms with van der Waals surface area (Å²) in [4.78, 5) is 1.88. The van der Waals surface area contributed by atoms with Crippen LogP contribution in [0.15, 0.2) is 29.2 Å². The summed E-state index contributed by atoms with van der Waals surface area (Å²) >= 11 is 0. The van der Waals surface area contributed by atoms with Crippen molar-refractivity contribution in [1.82, 2.24) is 5.32 Å². The Labute approximate surface area is 123 Å². The van der Waals surface area contributed by atoms with Gasteiger partial charge in [0, 0.05) is 18.8 Å². The number of benzene rings is 1. The van der Waals surface area contributed by atoms with Crippen LogP contribution in [-0.2, 0) is 9.84 Å². The third-order valence-electron chi connectivity index (χ3n) is 4.47. The molecule has 1 aromatic carbocycles. The molecule has 0 bridgehead atoms. The fraction of sp³-hybridized carbons (Fsp3) is 0.571. The van der Waals surface area contributed by atoms with E-state index in [1.54, 1.807) is 12.1 Å². The van der Waals surface area contributed by atoms with Crippen molar-refractivity contribution in [3.8, 4) is 0 Å². The number of alkyl halides is 2. The van der Waals surface area contributed by atoms with Crippen LogP contribution in [0.3, 0.4) is 0 Å². The van der Waals surface area contributed by atoms with Crippen LogP contribution in [0, 0.1) is 11.8 Å². The van der Waals surface area contributed by atoms with Crippen LogP contribution in [0.1, 0.15) is 6.42 Å². The topological polar surface area (TPSA) is 49.4 Å². The number of nitrogens with one attached hydrogen (secondary N) is 1. The minimum Gasteiger partial charge on any atom is -0.371 e. The second-order valence-electron chi connectivity index (χ2n) is 5.71. The van der Waals surface area contributed by atoms with Crippen molar-refractivity contribution in [2.24, 2.45) is 11.8 Å². The molecule has 0 radical (unpaired) electrons. The van der Waals surface area contributed by atoms with E-state index in [1.165, 1.54) is 12.1 Å². The van der Waals surface area contributed by atoms with Gasteiger partial charge >= 0.3 is 5.76 Å². The molecular weight excluding hydrogens is 298 g/mol. The molecule has 3 rings (SSSR count). The Morgan fingerprint density at radius 1 is 1.14 bits per heavy atom. The zero-order valence-corrected chi connectivity index (χ0v) is 12.3. The largest absolute Gasteiger partial charge is 0.371 e. The minimum atomic E-state index is -4.50. The summed E-state index contributed by atoms with van der Waals surface area (Å²) in [6.07, 6.45) is 1.11. The van der Waals surface area contributed by atoms with Crippen molar-refractivity contribution in [1.29, 1.82) is 0 Å². The second-order valence-corrected chi connectivity index (χ2v) is 7.63. The molecule has 7 heteroatoms. The van der Waals surface area contributed by atoms with Crippen LogP contribution < -0.4 is 10.2 Å². The summed E-state index contributed by atoms with van der Waals surface area (Å²) in [5.41, 5.74) is 0.897. The Morgan fingerprint density at radius 2 is 1.81 bits per heavy atom. The molecule has 21 heavy (non-hydrogen) atoms. The summed E-state index contributed by atoms with van der Waals surface area (Å²) in [6, 6.07) is 5.79. The van der Waals surface area contributed by atoms with E-state index in [-0.39, 0.29) is 4.90 Å². The van der Waals surface area contributed by atoms with Crippen LogP contribution in [0.25, 0.3) is 0 Å². The molecule has 0 aromatic heterocycles. The Morgan fingerprint density at radius 3 is 2.48 bits per heavy atom. The average Bonchev–Trinajstić information content (AvgIpc) is 2.94. The van der Waals surface area contributed by atoms with Crippen molar-refractivity contribution in [2.75, 3.05) is 31.1 Å². The van der Waals surface area contributed by atoms with Gasteiger partial charge in [-0.2, -0.15) is 8.78 Å². The Bertz CT molecular complexity index is 604. The van der Waals surface area contributed by atoms with E-state index in [2.05, 4.69) is 10.2 Å². The van der Waals surface area contributed by atoms with Gasteiger partial charge in [-0.15, -0.1) is 0 Å². The molecule has 2 unspecified atom stereocenters. The summed E-state index contributed by atoms with van der Waals surface area (Å²) in [6.45, 7) is 3.94. The lowest BCUT2D eigenvalue weighted by atomic mass is 9.88. The van der Waals surface area contributed by atoms with E-state index in [0.29, 0.717) is 5.92 Å². The van der Waals surface area contributed by atoms with Gasteiger partial charge in [-0.25, -0.2) is 8.42 Å². The fourth-order valence-electron chi connectivity index (χ4n) is 3.22. The molecule has 2 fully saturated rings. The smallest absolute Gasteiger partial charge is 0.341 e. The number of nitrogens with zero attached hydrogens (tertiary/aromatic N) is 1. The summed E-state index contributed by atoms with van der Waals surface area (Å²) < 4.78 is 47.8. The number of hydrogen-bond donors (Lipinski definition) is 1. The predicted octanol–water partition coefficient (Wildman–Crippen LogP) is 1.73. The molecule has 2 atom stereocenters. The van der Waals surface area contributed by atoms with Gasteiger partial charge in [0.15, 0.2) is 0 Å². The summed E-state index contributed by atoms with van der Waals surface area (Å²) in [5, 5.41) is 3.39. The molecular formula is C14H18F2N2O2S. The van der Waals surface area contributed by atoms with Gasteiger partial charge in [-0.3, -0.25) is 0 Å². The first-order chi connectivity index (χ1) is 9.98. The van der Waals surface area contributed by atoms with Crippen LogP contribution in [-0.4, -0.2) is 40.4 Å². The normalized spacial score (nSPS) is 26.1. The highest BCUT2D eigenvalue weighted by Crippen LogP contribution is 2.30. The molecule has 0 amide bonds. The van der Waals surface area contributed by atoms with Gasteiger partial charge in [-0.05, 0) is 55.6 Å². The number of rotatable bonds is 3. The van der Waals surface area contributed by atoms with E-state index in [1.807, 2.05) is 0 Å². The fourth-order valence-corrected chi connectivity index (χ4v) is 3.94. The Kier molecular flexibility index (Phi) is 3.88. The van der Waals surface area contributed by atoms with Crippen molar-refractivity contribution >= 4 is 15.5 Å². The third-order valence-corrected chi connectivity index (χ3v) is 5.87. The molecule has 1 aromatic rings. The first-order valence-electron chi connectivity index (χ1n) is 7.06. The molecule has 0 aliphatic carbocycles. The maximum atomic E-state index is 12.5. The van der Waals surface area contributed by atoms with Crippen molar-refractivity contribution in [3.63, 3.8) is 0 Å². The van der Waals surface area contributed by atoms with Crippen LogP contribution in [0.4, 0.5) is 14.5 Å². The third kappa shape index (κ3) is 2.76. The number of hydrogen-bond acceptors (Lipinski definition) is 4. The van der Waals surface area contributed by atoms with Gasteiger partial charge in [0.05, 0.1) is 4.90 Å². The zero-order chi connectivity index (χ0) is 15.0. The lowest BCUT2D eigenvalue weighted by Gasteiger charge is -2.36. The zero-order valence-electron chi connectivity index (χ0n) is 11.5. The maximum absolute atomic E-state index is 12.5. The SMILES string of the molecule is O=S(=O)(c1ccc(N2CCC3CNCC3C2)cc1)C(F)F. The predicted molar refractivity (Wildman–Crippen MR) is 76.3 cm³/mol. The standard InChI is InChI=1S/C14H18F2N2O2S/c15-14(16)21(19,20)13-3-1-12(2-4-13)18-6-5-10-7-17-8-11(10)9-18/h1-4,10-11,14,17H,5-9H2. The molecule has 0 saturated carbocycles. The molecule has 4 nitrogen and oxygen atoms in total. The lowest BCUT2D eigenvalue weighted by molar-refractivity contribution is 0.234. The highest BCUT2D eigenvalue weighted by molar-refractivity contribution is 7.91. The van der Waals surface area contributed by atoms with Crippen molar-refractivity contribution in [2.45, 2.75) is 17.1 Å². The Balaban J connectivity index is 1.76. The van der Waals surface area contributed by atoms with Gasteiger partial charge in [0.25, 0.3) is 0 Å². The average molecular weight is 316 g/mol. The van der Waals surface area contributed by atoms with Gasteiger partial charge in [0.2, 0.25) is 9.84 Å². The number of fused-ring (bicyclic) bond motifs is 1. The number of sulfone groups is 1. The van der Waals surface area contributed by atoms with Gasteiger partial charge < -0.3 is 10.2 Å². The molecule has 1 N–H and O–H groups in total. The quantitative estimate of drug-likeness (QED) is 0.923.